The van der Waals surface area contributed by atoms with Crippen molar-refractivity contribution in [2.75, 3.05) is 67.0 Å². The molecule has 168 valence electrons. The van der Waals surface area contributed by atoms with Crippen molar-refractivity contribution in [3.05, 3.63) is 18.0 Å². The lowest BCUT2D eigenvalue weighted by atomic mass is 10.1. The molecule has 30 heavy (non-hydrogen) atoms. The van der Waals surface area contributed by atoms with Crippen LogP contribution in [0.25, 0.3) is 0 Å². The number of aromatic hydroxyl groups is 1. The van der Waals surface area contributed by atoms with Gasteiger partial charge in [-0.3, -0.25) is 0 Å². The molecule has 1 aliphatic rings. The molecule has 0 radical (unpaired) electrons. The maximum absolute atomic E-state index is 12.3. The zero-order chi connectivity index (χ0) is 22.0. The van der Waals surface area contributed by atoms with E-state index in [4.69, 9.17) is 23.7 Å². The molecule has 10 heteroatoms. The zero-order valence-electron chi connectivity index (χ0n) is 18.0. The number of nitrogens with zero attached hydrogens (tertiary/aromatic N) is 3. The van der Waals surface area contributed by atoms with Gasteiger partial charge >= 0.3 is 5.97 Å². The molecule has 2 rings (SSSR count). The summed E-state index contributed by atoms with van der Waals surface area (Å²) in [6, 6.07) is 1.56. The van der Waals surface area contributed by atoms with E-state index in [2.05, 4.69) is 9.98 Å². The number of hydrogen-bond donors (Lipinski definition) is 1. The minimum absolute atomic E-state index is 0.140. The molecule has 1 N–H and O–H groups in total. The number of rotatable bonds is 13. The molecule has 1 aromatic rings. The largest absolute Gasteiger partial charge is 0.503 e. The van der Waals surface area contributed by atoms with Gasteiger partial charge in [-0.1, -0.05) is 0 Å². The molecule has 0 fully saturated rings. The summed E-state index contributed by atoms with van der Waals surface area (Å²) in [6.07, 6.45) is 1.52. The van der Waals surface area contributed by atoms with Crippen LogP contribution in [0, 0.1) is 0 Å². The van der Waals surface area contributed by atoms with Gasteiger partial charge in [0.15, 0.2) is 28.6 Å². The van der Waals surface area contributed by atoms with Crippen LogP contribution in [0.15, 0.2) is 17.3 Å². The molecule has 0 aromatic carbocycles. The fourth-order valence-corrected chi connectivity index (χ4v) is 2.91. The number of esters is 1. The number of aliphatic imine (C=N–C) groups is 1. The molecule has 10 nitrogen and oxygen atoms in total. The van der Waals surface area contributed by atoms with Crippen LogP contribution in [0.5, 0.6) is 11.5 Å². The van der Waals surface area contributed by atoms with E-state index in [1.165, 1.54) is 6.20 Å². The summed E-state index contributed by atoms with van der Waals surface area (Å²) in [5, 5.41) is 10.6. The van der Waals surface area contributed by atoms with Crippen LogP contribution in [-0.4, -0.2) is 99.3 Å². The number of pyridine rings is 1. The van der Waals surface area contributed by atoms with E-state index in [9.17, 15) is 9.90 Å². The van der Waals surface area contributed by atoms with Gasteiger partial charge in [-0.2, -0.15) is 0 Å². The van der Waals surface area contributed by atoms with E-state index in [0.717, 1.165) is 0 Å². The first kappa shape index (κ1) is 23.8. The highest BCUT2D eigenvalue weighted by atomic mass is 16.6. The zero-order valence-corrected chi connectivity index (χ0v) is 18.0. The predicted octanol–water partition coefficient (Wildman–Crippen LogP) is 0.859. The molecular formula is C20H31N3O7. The van der Waals surface area contributed by atoms with Gasteiger partial charge in [-0.15, -0.1) is 0 Å². The molecule has 0 aliphatic carbocycles. The Morgan fingerprint density at radius 3 is 2.53 bits per heavy atom. The number of ether oxygens (including phenoxy) is 5. The molecule has 0 saturated heterocycles. The fourth-order valence-electron chi connectivity index (χ4n) is 2.91. The standard InChI is InChI=1S/C20H31N3O7/c1-5-29-19(25)20(2)14-23(3)18(22-20)16-17(24)15(6-7-21-16)30-13-12-28-11-10-27-9-8-26-4/h6-7,24H,5,8-14H2,1-4H3. The second-order valence-electron chi connectivity index (χ2n) is 6.86. The van der Waals surface area contributed by atoms with Crippen molar-refractivity contribution in [2.24, 2.45) is 4.99 Å². The average Bonchev–Trinajstić information content (AvgIpc) is 3.03. The van der Waals surface area contributed by atoms with Crippen LogP contribution < -0.4 is 4.74 Å². The summed E-state index contributed by atoms with van der Waals surface area (Å²) in [5.41, 5.74) is -0.806. The van der Waals surface area contributed by atoms with Crippen molar-refractivity contribution in [3.8, 4) is 11.5 Å². The molecule has 0 spiro atoms. The normalized spacial score (nSPS) is 18.4. The maximum Gasteiger partial charge on any atom is 0.335 e. The number of aromatic nitrogens is 1. The maximum atomic E-state index is 12.3. The molecule has 0 amide bonds. The summed E-state index contributed by atoms with van der Waals surface area (Å²) in [4.78, 5) is 22.7. The van der Waals surface area contributed by atoms with Crippen molar-refractivity contribution in [3.63, 3.8) is 0 Å². The number of methoxy groups -OCH3 is 1. The smallest absolute Gasteiger partial charge is 0.335 e. The first-order valence-electron chi connectivity index (χ1n) is 9.86. The Morgan fingerprint density at radius 1 is 1.20 bits per heavy atom. The summed E-state index contributed by atoms with van der Waals surface area (Å²) in [7, 11) is 3.40. The Bertz CT molecular complexity index is 728. The third kappa shape index (κ3) is 6.28. The van der Waals surface area contributed by atoms with Crippen molar-refractivity contribution >= 4 is 11.8 Å². The molecule has 1 unspecified atom stereocenters. The summed E-state index contributed by atoms with van der Waals surface area (Å²) in [5.74, 6) is 0.111. The van der Waals surface area contributed by atoms with E-state index in [-0.39, 0.29) is 30.4 Å². The molecule has 1 aromatic heterocycles. The summed E-state index contributed by atoms with van der Waals surface area (Å²) >= 11 is 0. The minimum atomic E-state index is -1.05. The molecular weight excluding hydrogens is 394 g/mol. The Hall–Kier alpha value is -2.43. The van der Waals surface area contributed by atoms with Gasteiger partial charge in [0.1, 0.15) is 6.61 Å². The Kier molecular flexibility index (Phi) is 9.28. The molecule has 0 bridgehead atoms. The van der Waals surface area contributed by atoms with E-state index >= 15 is 0 Å². The van der Waals surface area contributed by atoms with E-state index in [1.807, 2.05) is 0 Å². The number of hydrogen-bond acceptors (Lipinski definition) is 10. The van der Waals surface area contributed by atoms with Gasteiger partial charge in [0, 0.05) is 26.4 Å². The van der Waals surface area contributed by atoms with Gasteiger partial charge in [0.25, 0.3) is 0 Å². The number of likely N-dealkylation sites (N-methyl/N-ethyl adjacent to an activating group) is 1. The highest BCUT2D eigenvalue weighted by Gasteiger charge is 2.43. The Balaban J connectivity index is 1.92. The van der Waals surface area contributed by atoms with Gasteiger partial charge < -0.3 is 33.7 Å². The van der Waals surface area contributed by atoms with Crippen LogP contribution in [0.4, 0.5) is 0 Å². The minimum Gasteiger partial charge on any atom is -0.503 e. The highest BCUT2D eigenvalue weighted by Crippen LogP contribution is 2.32. The quantitative estimate of drug-likeness (QED) is 0.363. The SMILES string of the molecule is CCOC(=O)C1(C)CN(C)C(c2nccc(OCCOCCOCCOC)c2O)=N1. The Labute approximate surface area is 176 Å². The summed E-state index contributed by atoms with van der Waals surface area (Å²) in [6.45, 7) is 6.62. The number of carbonyl (C=O) groups excluding carboxylic acids is 1. The lowest BCUT2D eigenvalue weighted by Crippen LogP contribution is -2.40. The fraction of sp³-hybridized carbons (Fsp3) is 0.650. The second kappa shape index (κ2) is 11.7. The van der Waals surface area contributed by atoms with E-state index in [1.54, 1.807) is 39.0 Å². The van der Waals surface area contributed by atoms with Crippen molar-refractivity contribution in [1.29, 1.82) is 0 Å². The van der Waals surface area contributed by atoms with Gasteiger partial charge in [0.05, 0.1) is 46.2 Å². The van der Waals surface area contributed by atoms with Crippen molar-refractivity contribution in [2.45, 2.75) is 19.4 Å². The average molecular weight is 425 g/mol. The van der Waals surface area contributed by atoms with E-state index in [0.29, 0.717) is 45.4 Å². The van der Waals surface area contributed by atoms with Gasteiger partial charge in [-0.25, -0.2) is 14.8 Å². The first-order chi connectivity index (χ1) is 14.4. The Morgan fingerprint density at radius 2 is 1.87 bits per heavy atom. The lowest BCUT2D eigenvalue weighted by Gasteiger charge is -2.20. The van der Waals surface area contributed by atoms with Crippen molar-refractivity contribution < 1.29 is 33.6 Å². The van der Waals surface area contributed by atoms with Gasteiger partial charge in [0.2, 0.25) is 0 Å². The van der Waals surface area contributed by atoms with Gasteiger partial charge in [-0.05, 0) is 13.8 Å². The molecule has 0 saturated carbocycles. The molecule has 1 atom stereocenters. The number of carbonyl (C=O) groups is 1. The van der Waals surface area contributed by atoms with Crippen LogP contribution in [0.2, 0.25) is 0 Å². The van der Waals surface area contributed by atoms with Crippen LogP contribution in [0.1, 0.15) is 19.5 Å². The second-order valence-corrected chi connectivity index (χ2v) is 6.86. The first-order valence-corrected chi connectivity index (χ1v) is 9.86. The molecule has 2 heterocycles. The predicted molar refractivity (Wildman–Crippen MR) is 109 cm³/mol. The lowest BCUT2D eigenvalue weighted by molar-refractivity contribution is -0.148. The summed E-state index contributed by atoms with van der Waals surface area (Å²) < 4.78 is 26.3. The third-order valence-corrected chi connectivity index (χ3v) is 4.36. The molecule has 1 aliphatic heterocycles. The topological polar surface area (TPSA) is 112 Å². The number of amidine groups is 1. The highest BCUT2D eigenvalue weighted by molar-refractivity contribution is 6.03. The van der Waals surface area contributed by atoms with Crippen LogP contribution in [-0.2, 0) is 23.7 Å². The van der Waals surface area contributed by atoms with Crippen LogP contribution in [0.3, 0.4) is 0 Å². The monoisotopic (exact) mass is 425 g/mol. The van der Waals surface area contributed by atoms with Crippen LogP contribution >= 0.6 is 0 Å². The third-order valence-electron chi connectivity index (χ3n) is 4.36. The van der Waals surface area contributed by atoms with E-state index < -0.39 is 11.5 Å². The van der Waals surface area contributed by atoms with Crippen molar-refractivity contribution in [1.82, 2.24) is 9.88 Å².